The Kier molecular flexibility index (Phi) is 10.6. The molecule has 0 aromatic rings. The molecule has 14 nitrogen and oxygen atoms in total. The quantitative estimate of drug-likeness (QED) is 0.128. The summed E-state index contributed by atoms with van der Waals surface area (Å²) in [7, 11) is -5.01. The zero-order valence-electron chi connectivity index (χ0n) is 19.7. The standard InChI is InChI=1S/C20H36N5O9P/c1-12(34-35(31,32)33)16(23-17(26)13(22)6-2-3-9-21)19(28)24-10-4-7-14(24)18(27)25-11-5-8-15(25)20(29)30/h12-16H,2-11,21-22H2,1H3,(H,23,26)(H,29,30)(H2,31,32,33)/t12-,13+,14+,15+,16+/m1/s1. The highest BCUT2D eigenvalue weighted by Crippen LogP contribution is 2.38. The van der Waals surface area contributed by atoms with Crippen LogP contribution in [0.3, 0.4) is 0 Å². The van der Waals surface area contributed by atoms with Crippen molar-refractivity contribution in [2.45, 2.75) is 82.1 Å². The number of phosphoric ester groups is 1. The van der Waals surface area contributed by atoms with Crippen LogP contribution < -0.4 is 16.8 Å². The summed E-state index contributed by atoms with van der Waals surface area (Å²) < 4.78 is 16.1. The van der Waals surface area contributed by atoms with Gasteiger partial charge in [0.15, 0.2) is 0 Å². The van der Waals surface area contributed by atoms with E-state index >= 15 is 0 Å². The minimum Gasteiger partial charge on any atom is -0.480 e. The first kappa shape index (κ1) is 29.1. The fraction of sp³-hybridized carbons (Fsp3) is 0.800. The van der Waals surface area contributed by atoms with Gasteiger partial charge in [-0.1, -0.05) is 6.42 Å². The molecule has 0 unspecified atom stereocenters. The summed E-state index contributed by atoms with van der Waals surface area (Å²) in [6.45, 7) is 2.05. The number of amides is 3. The van der Waals surface area contributed by atoms with Gasteiger partial charge in [-0.2, -0.15) is 0 Å². The van der Waals surface area contributed by atoms with Crippen LogP contribution in [-0.2, 0) is 28.3 Å². The van der Waals surface area contributed by atoms with E-state index in [9.17, 15) is 38.6 Å². The lowest BCUT2D eigenvalue weighted by molar-refractivity contribution is -0.152. The van der Waals surface area contributed by atoms with E-state index in [1.165, 1.54) is 16.7 Å². The molecule has 2 aliphatic rings. The fourth-order valence-corrected chi connectivity index (χ4v) is 5.06. The molecule has 2 rings (SSSR count). The van der Waals surface area contributed by atoms with Crippen molar-refractivity contribution in [1.29, 1.82) is 0 Å². The summed E-state index contributed by atoms with van der Waals surface area (Å²) in [6.07, 6.45) is 1.65. The molecule has 0 spiro atoms. The number of carbonyl (C=O) groups excluding carboxylic acids is 3. The summed E-state index contributed by atoms with van der Waals surface area (Å²) in [6, 6.07) is -4.45. The lowest BCUT2D eigenvalue weighted by Gasteiger charge is -2.34. The number of nitrogens with zero attached hydrogens (tertiary/aromatic N) is 2. The minimum absolute atomic E-state index is 0.151. The number of unbranched alkanes of at least 4 members (excludes halogenated alkanes) is 1. The lowest BCUT2D eigenvalue weighted by Crippen LogP contribution is -2.59. The summed E-state index contributed by atoms with van der Waals surface area (Å²) in [5.74, 6) is -3.11. The molecular weight excluding hydrogens is 485 g/mol. The smallest absolute Gasteiger partial charge is 0.469 e. The second-order valence-corrected chi connectivity index (χ2v) is 10.1. The van der Waals surface area contributed by atoms with Gasteiger partial charge in [0, 0.05) is 13.1 Å². The van der Waals surface area contributed by atoms with Gasteiger partial charge in [0.1, 0.15) is 18.1 Å². The van der Waals surface area contributed by atoms with Crippen molar-refractivity contribution in [3.8, 4) is 0 Å². The van der Waals surface area contributed by atoms with Crippen molar-refractivity contribution < 1.29 is 43.2 Å². The van der Waals surface area contributed by atoms with Crippen LogP contribution in [0.25, 0.3) is 0 Å². The van der Waals surface area contributed by atoms with Gasteiger partial charge in [0.2, 0.25) is 17.7 Å². The van der Waals surface area contributed by atoms with E-state index in [1.807, 2.05) is 0 Å². The van der Waals surface area contributed by atoms with Crippen LogP contribution in [0, 0.1) is 0 Å². The molecule has 200 valence electrons. The number of carbonyl (C=O) groups is 4. The van der Waals surface area contributed by atoms with Crippen LogP contribution in [0.1, 0.15) is 51.9 Å². The predicted octanol–water partition coefficient (Wildman–Crippen LogP) is -1.51. The largest absolute Gasteiger partial charge is 0.480 e. The fourth-order valence-electron chi connectivity index (χ4n) is 4.50. The summed E-state index contributed by atoms with van der Waals surface area (Å²) in [4.78, 5) is 71.7. The maximum absolute atomic E-state index is 13.5. The Bertz CT molecular complexity index is 838. The number of carboxylic acid groups (broad SMARTS) is 1. The number of carboxylic acids is 1. The Morgan fingerprint density at radius 2 is 1.69 bits per heavy atom. The van der Waals surface area contributed by atoms with E-state index in [0.29, 0.717) is 45.1 Å². The highest BCUT2D eigenvalue weighted by Gasteiger charge is 2.45. The van der Waals surface area contributed by atoms with E-state index in [0.717, 1.165) is 0 Å². The third kappa shape index (κ3) is 7.95. The number of aliphatic carboxylic acids is 1. The van der Waals surface area contributed by atoms with Gasteiger partial charge in [0.25, 0.3) is 0 Å². The van der Waals surface area contributed by atoms with Gasteiger partial charge in [-0.3, -0.25) is 18.9 Å². The van der Waals surface area contributed by atoms with Crippen molar-refractivity contribution in [3.63, 3.8) is 0 Å². The first-order valence-corrected chi connectivity index (χ1v) is 13.2. The number of phosphoric acid groups is 1. The van der Waals surface area contributed by atoms with E-state index in [-0.39, 0.29) is 19.5 Å². The van der Waals surface area contributed by atoms with Gasteiger partial charge in [-0.25, -0.2) is 9.36 Å². The van der Waals surface area contributed by atoms with Crippen molar-refractivity contribution in [2.75, 3.05) is 19.6 Å². The summed E-state index contributed by atoms with van der Waals surface area (Å²) >= 11 is 0. The zero-order valence-corrected chi connectivity index (χ0v) is 20.6. The molecule has 2 fully saturated rings. The van der Waals surface area contributed by atoms with Crippen molar-refractivity contribution in [2.24, 2.45) is 11.5 Å². The average molecular weight is 522 g/mol. The summed E-state index contributed by atoms with van der Waals surface area (Å²) in [5, 5.41) is 11.8. The molecule has 0 saturated carbocycles. The number of rotatable bonds is 12. The normalized spacial score (nSPS) is 23.1. The van der Waals surface area contributed by atoms with Gasteiger partial charge < -0.3 is 41.5 Å². The third-order valence-electron chi connectivity index (χ3n) is 6.28. The van der Waals surface area contributed by atoms with Crippen molar-refractivity contribution in [1.82, 2.24) is 15.1 Å². The molecule has 35 heavy (non-hydrogen) atoms. The summed E-state index contributed by atoms with van der Waals surface area (Å²) in [5.41, 5.74) is 11.3. The molecule has 2 aliphatic heterocycles. The van der Waals surface area contributed by atoms with Crippen molar-refractivity contribution >= 4 is 31.5 Å². The monoisotopic (exact) mass is 521 g/mol. The first-order chi connectivity index (χ1) is 16.4. The number of hydrogen-bond acceptors (Lipinski definition) is 8. The van der Waals surface area contributed by atoms with Crippen LogP contribution in [0.2, 0.25) is 0 Å². The topological polar surface area (TPSA) is 226 Å². The van der Waals surface area contributed by atoms with Crippen LogP contribution in [-0.4, -0.2) is 98.3 Å². The molecular formula is C20H36N5O9P. The molecule has 3 amide bonds. The number of likely N-dealkylation sites (tertiary alicyclic amines) is 2. The number of hydrogen-bond donors (Lipinski definition) is 6. The molecule has 8 N–H and O–H groups in total. The zero-order chi connectivity index (χ0) is 26.3. The molecule has 0 radical (unpaired) electrons. The Labute approximate surface area is 203 Å². The molecule has 2 heterocycles. The average Bonchev–Trinajstić information content (AvgIpc) is 3.45. The molecule has 5 atom stereocenters. The van der Waals surface area contributed by atoms with E-state index in [1.54, 1.807) is 0 Å². The third-order valence-corrected chi connectivity index (χ3v) is 6.89. The van der Waals surface area contributed by atoms with Crippen LogP contribution >= 0.6 is 7.82 Å². The van der Waals surface area contributed by atoms with Crippen molar-refractivity contribution in [3.05, 3.63) is 0 Å². The Balaban J connectivity index is 2.21. The molecule has 0 aromatic carbocycles. The van der Waals surface area contributed by atoms with Gasteiger partial charge >= 0.3 is 13.8 Å². The number of nitrogens with one attached hydrogen (secondary N) is 1. The van der Waals surface area contributed by atoms with Gasteiger partial charge in [-0.05, 0) is 52.0 Å². The maximum Gasteiger partial charge on any atom is 0.469 e. The van der Waals surface area contributed by atoms with Gasteiger partial charge in [0.05, 0.1) is 12.1 Å². The van der Waals surface area contributed by atoms with Gasteiger partial charge in [-0.15, -0.1) is 0 Å². The second kappa shape index (κ2) is 12.7. The predicted molar refractivity (Wildman–Crippen MR) is 123 cm³/mol. The minimum atomic E-state index is -5.01. The lowest BCUT2D eigenvalue weighted by atomic mass is 10.1. The Morgan fingerprint density at radius 1 is 1.09 bits per heavy atom. The second-order valence-electron chi connectivity index (χ2n) is 8.90. The number of nitrogens with two attached hydrogens (primary N) is 2. The molecule has 2 saturated heterocycles. The van der Waals surface area contributed by atoms with Crippen LogP contribution in [0.15, 0.2) is 0 Å². The highest BCUT2D eigenvalue weighted by atomic mass is 31.2. The Morgan fingerprint density at radius 3 is 2.26 bits per heavy atom. The van der Waals surface area contributed by atoms with Crippen LogP contribution in [0.4, 0.5) is 0 Å². The molecule has 0 aliphatic carbocycles. The maximum atomic E-state index is 13.5. The molecule has 0 bridgehead atoms. The molecule has 15 heteroatoms. The van der Waals surface area contributed by atoms with E-state index in [2.05, 4.69) is 9.84 Å². The highest BCUT2D eigenvalue weighted by molar-refractivity contribution is 7.46. The van der Waals surface area contributed by atoms with E-state index < -0.39 is 61.8 Å². The SMILES string of the molecule is C[C@@H](OP(=O)(O)O)[C@H](NC(=O)[C@@H](N)CCCCN)C(=O)N1CCC[C@H]1C(=O)N1CCC[C@H]1C(=O)O. The van der Waals surface area contributed by atoms with Crippen LogP contribution in [0.5, 0.6) is 0 Å². The molecule has 0 aromatic heterocycles. The van der Waals surface area contributed by atoms with E-state index in [4.69, 9.17) is 11.5 Å². The Hall–Kier alpha value is -2.09. The first-order valence-electron chi connectivity index (χ1n) is 11.7.